The number of aromatic nitrogens is 2. The zero-order valence-electron chi connectivity index (χ0n) is 12.2. The smallest absolute Gasteiger partial charge is 0.293 e. The SMILES string of the molecule is CCCn1ccnc(NC2CCC(C)C(C)C2)c1=O. The predicted octanol–water partition coefficient (Wildman–Crippen LogP) is 2.89. The molecule has 1 aliphatic rings. The van der Waals surface area contributed by atoms with Crippen LogP contribution >= 0.6 is 0 Å². The van der Waals surface area contributed by atoms with Crippen molar-refractivity contribution in [1.82, 2.24) is 9.55 Å². The van der Waals surface area contributed by atoms with E-state index in [2.05, 4.69) is 31.1 Å². The lowest BCUT2D eigenvalue weighted by Gasteiger charge is -2.32. The normalized spacial score (nSPS) is 27.2. The van der Waals surface area contributed by atoms with Crippen LogP contribution in [0.4, 0.5) is 5.82 Å². The summed E-state index contributed by atoms with van der Waals surface area (Å²) in [5.74, 6) is 2.02. The Morgan fingerprint density at radius 3 is 2.84 bits per heavy atom. The summed E-state index contributed by atoms with van der Waals surface area (Å²) in [7, 11) is 0. The van der Waals surface area contributed by atoms with Gasteiger partial charge in [-0.05, 0) is 37.5 Å². The highest BCUT2D eigenvalue weighted by Gasteiger charge is 2.25. The van der Waals surface area contributed by atoms with Gasteiger partial charge in [-0.15, -0.1) is 0 Å². The van der Waals surface area contributed by atoms with Gasteiger partial charge in [0.1, 0.15) is 0 Å². The Hall–Kier alpha value is -1.32. The van der Waals surface area contributed by atoms with E-state index in [1.807, 2.05) is 0 Å². The number of hydrogen-bond donors (Lipinski definition) is 1. The Bertz CT molecular complexity index is 469. The molecule has 3 atom stereocenters. The van der Waals surface area contributed by atoms with Gasteiger partial charge in [0.25, 0.3) is 5.56 Å². The maximum absolute atomic E-state index is 12.2. The lowest BCUT2D eigenvalue weighted by Crippen LogP contribution is -2.34. The van der Waals surface area contributed by atoms with Crippen LogP contribution in [0.5, 0.6) is 0 Å². The van der Waals surface area contributed by atoms with Gasteiger partial charge in [0.15, 0.2) is 5.82 Å². The second kappa shape index (κ2) is 6.22. The van der Waals surface area contributed by atoms with Gasteiger partial charge in [0.2, 0.25) is 0 Å². The number of anilines is 1. The first-order valence-corrected chi connectivity index (χ1v) is 7.43. The number of rotatable bonds is 4. The standard InChI is InChI=1S/C15H25N3O/c1-4-8-18-9-7-16-14(15(18)19)17-13-6-5-11(2)12(3)10-13/h7,9,11-13H,4-6,8,10H2,1-3H3,(H,16,17). The van der Waals surface area contributed by atoms with Crippen LogP contribution in [0.3, 0.4) is 0 Å². The minimum Gasteiger partial charge on any atom is -0.363 e. The van der Waals surface area contributed by atoms with Crippen molar-refractivity contribution in [3.05, 3.63) is 22.7 Å². The summed E-state index contributed by atoms with van der Waals surface area (Å²) in [6.07, 6.45) is 7.94. The van der Waals surface area contributed by atoms with E-state index in [4.69, 9.17) is 0 Å². The predicted molar refractivity (Wildman–Crippen MR) is 78.4 cm³/mol. The molecule has 1 aromatic heterocycles. The topological polar surface area (TPSA) is 46.9 Å². The maximum Gasteiger partial charge on any atom is 0.293 e. The van der Waals surface area contributed by atoms with E-state index in [1.54, 1.807) is 17.0 Å². The van der Waals surface area contributed by atoms with Gasteiger partial charge in [0, 0.05) is 25.0 Å². The molecule has 0 saturated heterocycles. The van der Waals surface area contributed by atoms with Crippen molar-refractivity contribution in [1.29, 1.82) is 0 Å². The van der Waals surface area contributed by atoms with Gasteiger partial charge < -0.3 is 9.88 Å². The Morgan fingerprint density at radius 1 is 1.37 bits per heavy atom. The molecule has 1 heterocycles. The molecule has 1 saturated carbocycles. The zero-order chi connectivity index (χ0) is 13.8. The highest BCUT2D eigenvalue weighted by molar-refractivity contribution is 5.32. The quantitative estimate of drug-likeness (QED) is 0.908. The van der Waals surface area contributed by atoms with E-state index >= 15 is 0 Å². The molecule has 0 bridgehead atoms. The molecule has 1 N–H and O–H groups in total. The highest BCUT2D eigenvalue weighted by atomic mass is 16.1. The molecule has 3 unspecified atom stereocenters. The van der Waals surface area contributed by atoms with Crippen molar-refractivity contribution in [3.8, 4) is 0 Å². The fraction of sp³-hybridized carbons (Fsp3) is 0.733. The second-order valence-electron chi connectivity index (χ2n) is 5.88. The van der Waals surface area contributed by atoms with Gasteiger partial charge in [-0.25, -0.2) is 4.98 Å². The summed E-state index contributed by atoms with van der Waals surface area (Å²) >= 11 is 0. The molecular formula is C15H25N3O. The van der Waals surface area contributed by atoms with Crippen LogP contribution in [0.25, 0.3) is 0 Å². The number of aryl methyl sites for hydroxylation is 1. The van der Waals surface area contributed by atoms with Gasteiger partial charge in [-0.3, -0.25) is 4.79 Å². The molecule has 106 valence electrons. The highest BCUT2D eigenvalue weighted by Crippen LogP contribution is 2.30. The third-order valence-corrected chi connectivity index (χ3v) is 4.32. The number of hydrogen-bond acceptors (Lipinski definition) is 3. The molecule has 0 spiro atoms. The van der Waals surface area contributed by atoms with Crippen molar-refractivity contribution in [3.63, 3.8) is 0 Å². The van der Waals surface area contributed by atoms with Crippen molar-refractivity contribution >= 4 is 5.82 Å². The monoisotopic (exact) mass is 263 g/mol. The van der Waals surface area contributed by atoms with E-state index in [-0.39, 0.29) is 5.56 Å². The summed E-state index contributed by atoms with van der Waals surface area (Å²) in [5.41, 5.74) is 0.00984. The summed E-state index contributed by atoms with van der Waals surface area (Å²) < 4.78 is 1.74. The Kier molecular flexibility index (Phi) is 4.61. The Labute approximate surface area is 115 Å². The molecule has 1 aliphatic carbocycles. The largest absolute Gasteiger partial charge is 0.363 e. The molecular weight excluding hydrogens is 238 g/mol. The lowest BCUT2D eigenvalue weighted by molar-refractivity contribution is 0.260. The maximum atomic E-state index is 12.2. The summed E-state index contributed by atoms with van der Waals surface area (Å²) in [4.78, 5) is 16.4. The molecule has 0 aromatic carbocycles. The minimum absolute atomic E-state index is 0.00984. The molecule has 1 fully saturated rings. The fourth-order valence-corrected chi connectivity index (χ4v) is 2.84. The number of nitrogens with zero attached hydrogens (tertiary/aromatic N) is 2. The summed E-state index contributed by atoms with van der Waals surface area (Å²) in [6.45, 7) is 7.44. The first kappa shape index (κ1) is 14.1. The third kappa shape index (κ3) is 3.37. The Balaban J connectivity index is 2.07. The molecule has 2 rings (SSSR count). The van der Waals surface area contributed by atoms with E-state index in [9.17, 15) is 4.79 Å². The van der Waals surface area contributed by atoms with E-state index < -0.39 is 0 Å². The van der Waals surface area contributed by atoms with Crippen LogP contribution in [0, 0.1) is 11.8 Å². The van der Waals surface area contributed by atoms with Crippen LogP contribution in [-0.4, -0.2) is 15.6 Å². The molecule has 4 heteroatoms. The summed E-state index contributed by atoms with van der Waals surface area (Å²) in [5, 5.41) is 3.35. The van der Waals surface area contributed by atoms with E-state index in [0.717, 1.165) is 31.7 Å². The van der Waals surface area contributed by atoms with Gasteiger partial charge in [-0.2, -0.15) is 0 Å². The van der Waals surface area contributed by atoms with Crippen LogP contribution in [-0.2, 0) is 6.54 Å². The average molecular weight is 263 g/mol. The van der Waals surface area contributed by atoms with Crippen molar-refractivity contribution in [2.75, 3.05) is 5.32 Å². The molecule has 0 radical (unpaired) electrons. The van der Waals surface area contributed by atoms with Gasteiger partial charge >= 0.3 is 0 Å². The first-order valence-electron chi connectivity index (χ1n) is 7.43. The second-order valence-corrected chi connectivity index (χ2v) is 5.88. The van der Waals surface area contributed by atoms with Crippen LogP contribution in [0.15, 0.2) is 17.2 Å². The molecule has 19 heavy (non-hydrogen) atoms. The minimum atomic E-state index is 0.00984. The Morgan fingerprint density at radius 2 is 2.16 bits per heavy atom. The fourth-order valence-electron chi connectivity index (χ4n) is 2.84. The lowest BCUT2D eigenvalue weighted by atomic mass is 9.79. The molecule has 4 nitrogen and oxygen atoms in total. The van der Waals surface area contributed by atoms with Crippen LogP contribution in [0.2, 0.25) is 0 Å². The third-order valence-electron chi connectivity index (χ3n) is 4.32. The van der Waals surface area contributed by atoms with Gasteiger partial charge in [0.05, 0.1) is 0 Å². The van der Waals surface area contributed by atoms with Crippen molar-refractivity contribution in [2.24, 2.45) is 11.8 Å². The zero-order valence-corrected chi connectivity index (χ0v) is 12.2. The van der Waals surface area contributed by atoms with E-state index in [0.29, 0.717) is 17.8 Å². The molecule has 0 amide bonds. The molecule has 0 aliphatic heterocycles. The first-order chi connectivity index (χ1) is 9.11. The van der Waals surface area contributed by atoms with Crippen molar-refractivity contribution < 1.29 is 0 Å². The average Bonchev–Trinajstić information content (AvgIpc) is 2.39. The van der Waals surface area contributed by atoms with Crippen LogP contribution < -0.4 is 10.9 Å². The van der Waals surface area contributed by atoms with Gasteiger partial charge in [-0.1, -0.05) is 20.8 Å². The van der Waals surface area contributed by atoms with Crippen LogP contribution in [0.1, 0.15) is 46.5 Å². The van der Waals surface area contributed by atoms with E-state index in [1.165, 1.54) is 6.42 Å². The molecule has 1 aromatic rings. The van der Waals surface area contributed by atoms with Crippen molar-refractivity contribution in [2.45, 2.75) is 59.0 Å². The summed E-state index contributed by atoms with van der Waals surface area (Å²) in [6, 6.07) is 0.392. The number of nitrogens with one attached hydrogen (secondary N) is 1.